The molecule has 0 fully saturated rings. The van der Waals surface area contributed by atoms with E-state index in [4.69, 9.17) is 16.3 Å². The number of benzene rings is 1. The molecule has 17 heavy (non-hydrogen) atoms. The third-order valence-electron chi connectivity index (χ3n) is 2.40. The molecular weight excluding hydrogens is 245 g/mol. The van der Waals surface area contributed by atoms with Crippen molar-refractivity contribution >= 4 is 11.6 Å². The standard InChI is InChI=1S/C11H11ClFN3O/c1-3-10-14-15-11(12)16(10)7-4-5-8(13)9(6-7)17-2/h4-6H,3H2,1-2H3. The highest BCUT2D eigenvalue weighted by molar-refractivity contribution is 6.28. The van der Waals surface area contributed by atoms with Crippen LogP contribution in [0.15, 0.2) is 18.2 Å². The van der Waals surface area contributed by atoms with E-state index in [1.54, 1.807) is 16.7 Å². The topological polar surface area (TPSA) is 39.9 Å². The van der Waals surface area contributed by atoms with E-state index in [0.29, 0.717) is 17.9 Å². The first-order valence-corrected chi connectivity index (χ1v) is 5.49. The smallest absolute Gasteiger partial charge is 0.229 e. The molecular formula is C11H11ClFN3O. The molecule has 4 nitrogen and oxygen atoms in total. The molecule has 90 valence electrons. The van der Waals surface area contributed by atoms with Crippen molar-refractivity contribution in [3.63, 3.8) is 0 Å². The third kappa shape index (κ3) is 2.10. The second-order valence-electron chi connectivity index (χ2n) is 3.39. The molecule has 1 heterocycles. The summed E-state index contributed by atoms with van der Waals surface area (Å²) < 4.78 is 19.9. The summed E-state index contributed by atoms with van der Waals surface area (Å²) in [4.78, 5) is 0. The van der Waals surface area contributed by atoms with Crippen LogP contribution in [0, 0.1) is 5.82 Å². The van der Waals surface area contributed by atoms with E-state index < -0.39 is 5.82 Å². The molecule has 0 radical (unpaired) electrons. The number of hydrogen-bond donors (Lipinski definition) is 0. The Kier molecular flexibility index (Phi) is 3.28. The van der Waals surface area contributed by atoms with Crippen LogP contribution in [0.5, 0.6) is 5.75 Å². The van der Waals surface area contributed by atoms with Crippen LogP contribution in [0.2, 0.25) is 5.28 Å². The molecule has 1 aromatic heterocycles. The molecule has 0 unspecified atom stereocenters. The van der Waals surface area contributed by atoms with Crippen molar-refractivity contribution < 1.29 is 9.13 Å². The summed E-state index contributed by atoms with van der Waals surface area (Å²) in [5.74, 6) is 0.455. The summed E-state index contributed by atoms with van der Waals surface area (Å²) in [5.41, 5.74) is 0.676. The zero-order valence-corrected chi connectivity index (χ0v) is 10.2. The highest BCUT2D eigenvalue weighted by Gasteiger charge is 2.12. The number of ether oxygens (including phenoxy) is 1. The number of rotatable bonds is 3. The van der Waals surface area contributed by atoms with E-state index in [-0.39, 0.29) is 11.0 Å². The molecule has 0 aliphatic carbocycles. The fourth-order valence-corrected chi connectivity index (χ4v) is 1.80. The van der Waals surface area contributed by atoms with Crippen molar-refractivity contribution in [2.24, 2.45) is 0 Å². The van der Waals surface area contributed by atoms with Crippen molar-refractivity contribution in [1.82, 2.24) is 14.8 Å². The SMILES string of the molecule is CCc1nnc(Cl)n1-c1ccc(F)c(OC)c1. The predicted octanol–water partition coefficient (Wildman–Crippen LogP) is 2.63. The minimum atomic E-state index is -0.418. The molecule has 0 aliphatic heterocycles. The maximum absolute atomic E-state index is 13.3. The molecule has 0 aliphatic rings. The number of hydrogen-bond acceptors (Lipinski definition) is 3. The molecule has 0 bridgehead atoms. The normalized spacial score (nSPS) is 10.6. The summed E-state index contributed by atoms with van der Waals surface area (Å²) in [6.07, 6.45) is 0.680. The summed E-state index contributed by atoms with van der Waals surface area (Å²) in [5, 5.41) is 7.97. The molecule has 0 saturated heterocycles. The fourth-order valence-electron chi connectivity index (χ4n) is 1.57. The van der Waals surface area contributed by atoms with Gasteiger partial charge in [-0.15, -0.1) is 10.2 Å². The van der Waals surface area contributed by atoms with Crippen LogP contribution in [-0.2, 0) is 6.42 Å². The Bertz CT molecular complexity index is 542. The van der Waals surface area contributed by atoms with Gasteiger partial charge in [0.25, 0.3) is 0 Å². The van der Waals surface area contributed by atoms with E-state index in [1.165, 1.54) is 13.2 Å². The number of methoxy groups -OCH3 is 1. The van der Waals surface area contributed by atoms with E-state index in [1.807, 2.05) is 6.92 Å². The van der Waals surface area contributed by atoms with Crippen LogP contribution in [-0.4, -0.2) is 21.9 Å². The summed E-state index contributed by atoms with van der Waals surface area (Å²) in [6.45, 7) is 1.94. The quantitative estimate of drug-likeness (QED) is 0.846. The summed E-state index contributed by atoms with van der Waals surface area (Å²) in [6, 6.07) is 4.49. The first kappa shape index (κ1) is 11.9. The lowest BCUT2D eigenvalue weighted by atomic mass is 10.2. The van der Waals surface area contributed by atoms with Crippen molar-refractivity contribution in [3.05, 3.63) is 35.1 Å². The zero-order valence-electron chi connectivity index (χ0n) is 9.44. The first-order valence-electron chi connectivity index (χ1n) is 5.11. The Morgan fingerprint density at radius 2 is 2.18 bits per heavy atom. The molecule has 0 amide bonds. The average Bonchev–Trinajstić information content (AvgIpc) is 2.71. The van der Waals surface area contributed by atoms with Crippen LogP contribution >= 0.6 is 11.6 Å². The molecule has 2 rings (SSSR count). The number of aryl methyl sites for hydroxylation is 1. The Hall–Kier alpha value is -1.62. The zero-order chi connectivity index (χ0) is 12.4. The molecule has 1 aromatic carbocycles. The minimum absolute atomic E-state index is 0.161. The average molecular weight is 256 g/mol. The van der Waals surface area contributed by atoms with Gasteiger partial charge in [0, 0.05) is 12.5 Å². The number of aromatic nitrogens is 3. The van der Waals surface area contributed by atoms with Gasteiger partial charge in [0.15, 0.2) is 11.6 Å². The highest BCUT2D eigenvalue weighted by Crippen LogP contribution is 2.24. The molecule has 2 aromatic rings. The van der Waals surface area contributed by atoms with E-state index in [2.05, 4.69) is 10.2 Å². The van der Waals surface area contributed by atoms with Crippen LogP contribution in [0.4, 0.5) is 4.39 Å². The van der Waals surface area contributed by atoms with Gasteiger partial charge < -0.3 is 4.74 Å². The van der Waals surface area contributed by atoms with Crippen molar-refractivity contribution in [2.75, 3.05) is 7.11 Å². The predicted molar refractivity (Wildman–Crippen MR) is 62.3 cm³/mol. The maximum Gasteiger partial charge on any atom is 0.229 e. The van der Waals surface area contributed by atoms with Crippen molar-refractivity contribution in [1.29, 1.82) is 0 Å². The first-order chi connectivity index (χ1) is 8.17. The van der Waals surface area contributed by atoms with E-state index in [0.717, 1.165) is 0 Å². The second kappa shape index (κ2) is 4.71. The molecule has 0 spiro atoms. The Labute approximate surface area is 103 Å². The largest absolute Gasteiger partial charge is 0.494 e. The Balaban J connectivity index is 2.56. The minimum Gasteiger partial charge on any atom is -0.494 e. The fraction of sp³-hybridized carbons (Fsp3) is 0.273. The van der Waals surface area contributed by atoms with Gasteiger partial charge in [0.2, 0.25) is 5.28 Å². The van der Waals surface area contributed by atoms with Gasteiger partial charge in [-0.2, -0.15) is 0 Å². The lowest BCUT2D eigenvalue weighted by Crippen LogP contribution is -2.01. The van der Waals surface area contributed by atoms with Gasteiger partial charge in [-0.25, -0.2) is 4.39 Å². The summed E-state index contributed by atoms with van der Waals surface area (Å²) >= 11 is 5.95. The molecule has 6 heteroatoms. The molecule has 0 saturated carbocycles. The Morgan fingerprint density at radius 3 is 2.82 bits per heavy atom. The van der Waals surface area contributed by atoms with Gasteiger partial charge in [-0.1, -0.05) is 6.92 Å². The molecule has 0 N–H and O–H groups in total. The van der Waals surface area contributed by atoms with Crippen molar-refractivity contribution in [3.8, 4) is 11.4 Å². The van der Waals surface area contributed by atoms with E-state index >= 15 is 0 Å². The van der Waals surface area contributed by atoms with Gasteiger partial charge in [-0.3, -0.25) is 4.57 Å². The van der Waals surface area contributed by atoms with Gasteiger partial charge in [0.05, 0.1) is 12.8 Å². The van der Waals surface area contributed by atoms with Crippen LogP contribution < -0.4 is 4.74 Å². The monoisotopic (exact) mass is 255 g/mol. The van der Waals surface area contributed by atoms with Crippen molar-refractivity contribution in [2.45, 2.75) is 13.3 Å². The second-order valence-corrected chi connectivity index (χ2v) is 3.73. The van der Waals surface area contributed by atoms with Crippen LogP contribution in [0.3, 0.4) is 0 Å². The van der Waals surface area contributed by atoms with Crippen LogP contribution in [0.25, 0.3) is 5.69 Å². The van der Waals surface area contributed by atoms with Gasteiger partial charge in [-0.05, 0) is 23.7 Å². The number of nitrogens with zero attached hydrogens (tertiary/aromatic N) is 3. The highest BCUT2D eigenvalue weighted by atomic mass is 35.5. The Morgan fingerprint density at radius 1 is 1.41 bits per heavy atom. The van der Waals surface area contributed by atoms with Crippen LogP contribution in [0.1, 0.15) is 12.7 Å². The lowest BCUT2D eigenvalue weighted by Gasteiger charge is -2.09. The third-order valence-corrected chi connectivity index (χ3v) is 2.64. The van der Waals surface area contributed by atoms with E-state index in [9.17, 15) is 4.39 Å². The molecule has 0 atom stereocenters. The summed E-state index contributed by atoms with van der Waals surface area (Å²) in [7, 11) is 1.41. The number of halogens is 2. The lowest BCUT2D eigenvalue weighted by molar-refractivity contribution is 0.386. The van der Waals surface area contributed by atoms with Gasteiger partial charge >= 0.3 is 0 Å². The maximum atomic E-state index is 13.3. The van der Waals surface area contributed by atoms with Gasteiger partial charge in [0.1, 0.15) is 5.82 Å².